The van der Waals surface area contributed by atoms with Crippen LogP contribution in [-0.4, -0.2) is 60.7 Å². The molecular weight excluding hydrogens is 306 g/mol. The maximum Gasteiger partial charge on any atom is 0.269 e. The minimum Gasteiger partial charge on any atom is -0.497 e. The quantitative estimate of drug-likeness (QED) is 0.813. The first-order valence-corrected chi connectivity index (χ1v) is 7.80. The Morgan fingerprint density at radius 3 is 2.38 bits per heavy atom. The van der Waals surface area contributed by atoms with Crippen LogP contribution in [0.25, 0.3) is 0 Å². The summed E-state index contributed by atoms with van der Waals surface area (Å²) in [4.78, 5) is 18.7. The van der Waals surface area contributed by atoms with E-state index in [0.717, 1.165) is 17.0 Å². The van der Waals surface area contributed by atoms with Gasteiger partial charge in [0.05, 0.1) is 19.8 Å². The predicted octanol–water partition coefficient (Wildman–Crippen LogP) is 1.89. The molecule has 0 aliphatic heterocycles. The van der Waals surface area contributed by atoms with E-state index in [0.29, 0.717) is 12.2 Å². The monoisotopic (exact) mass is 331 g/mol. The smallest absolute Gasteiger partial charge is 0.269 e. The number of likely N-dealkylation sites (N-methyl/N-ethyl adjacent to an activating group) is 1. The van der Waals surface area contributed by atoms with Gasteiger partial charge in [-0.1, -0.05) is 12.1 Å². The number of aliphatic hydroxyl groups excluding tert-OH is 1. The van der Waals surface area contributed by atoms with Crippen molar-refractivity contribution in [2.45, 2.75) is 12.6 Å². The third kappa shape index (κ3) is 4.15. The van der Waals surface area contributed by atoms with Gasteiger partial charge in [-0.2, -0.15) is 0 Å². The van der Waals surface area contributed by atoms with Crippen molar-refractivity contribution in [3.05, 3.63) is 53.3 Å². The normalized spacial score (nSPS) is 12.2. The van der Waals surface area contributed by atoms with Gasteiger partial charge >= 0.3 is 0 Å². The van der Waals surface area contributed by atoms with Gasteiger partial charge in [-0.3, -0.25) is 9.69 Å². The minimum atomic E-state index is -0.132. The van der Waals surface area contributed by atoms with Crippen LogP contribution in [0, 0.1) is 0 Å². The van der Waals surface area contributed by atoms with Crippen molar-refractivity contribution in [2.75, 3.05) is 34.9 Å². The van der Waals surface area contributed by atoms with Crippen LogP contribution in [0.2, 0.25) is 0 Å². The Morgan fingerprint density at radius 2 is 1.83 bits per heavy atom. The van der Waals surface area contributed by atoms with Crippen molar-refractivity contribution in [1.29, 1.82) is 0 Å². The van der Waals surface area contributed by atoms with Gasteiger partial charge < -0.3 is 19.7 Å². The summed E-state index contributed by atoms with van der Waals surface area (Å²) in [6.45, 7) is 0.602. The van der Waals surface area contributed by atoms with E-state index < -0.39 is 0 Å². The SMILES string of the molecule is COc1ccc(C(CO)N(C)Cc2ccc(C(=O)N(C)C)[nH]2)cc1. The number of aromatic nitrogens is 1. The molecule has 6 nitrogen and oxygen atoms in total. The second-order valence-electron chi connectivity index (χ2n) is 5.98. The molecule has 0 bridgehead atoms. The second-order valence-corrected chi connectivity index (χ2v) is 5.98. The van der Waals surface area contributed by atoms with Crippen molar-refractivity contribution in [3.63, 3.8) is 0 Å². The molecule has 130 valence electrons. The number of carbonyl (C=O) groups excluding carboxylic acids is 1. The van der Waals surface area contributed by atoms with Crippen LogP contribution >= 0.6 is 0 Å². The van der Waals surface area contributed by atoms with Crippen LogP contribution in [0.1, 0.15) is 27.8 Å². The number of benzene rings is 1. The number of methoxy groups -OCH3 is 1. The third-order valence-electron chi connectivity index (χ3n) is 4.01. The topological polar surface area (TPSA) is 68.8 Å². The number of hydrogen-bond donors (Lipinski definition) is 2. The van der Waals surface area contributed by atoms with Crippen LogP contribution in [0.4, 0.5) is 0 Å². The predicted molar refractivity (Wildman–Crippen MR) is 93.1 cm³/mol. The lowest BCUT2D eigenvalue weighted by Crippen LogP contribution is -2.27. The molecule has 1 atom stereocenters. The summed E-state index contributed by atoms with van der Waals surface area (Å²) in [7, 11) is 7.02. The average Bonchev–Trinajstić information content (AvgIpc) is 3.03. The molecular formula is C18H25N3O3. The van der Waals surface area contributed by atoms with Crippen LogP contribution in [0.5, 0.6) is 5.75 Å². The van der Waals surface area contributed by atoms with Gasteiger partial charge in [0.25, 0.3) is 5.91 Å². The van der Waals surface area contributed by atoms with E-state index >= 15 is 0 Å². The summed E-state index contributed by atoms with van der Waals surface area (Å²) in [5.41, 5.74) is 2.50. The number of ether oxygens (including phenoxy) is 1. The van der Waals surface area contributed by atoms with Gasteiger partial charge in [0.2, 0.25) is 0 Å². The highest BCUT2D eigenvalue weighted by molar-refractivity contribution is 5.92. The summed E-state index contributed by atoms with van der Waals surface area (Å²) in [6, 6.07) is 11.2. The van der Waals surface area contributed by atoms with Crippen LogP contribution < -0.4 is 4.74 Å². The van der Waals surface area contributed by atoms with Crippen LogP contribution in [0.3, 0.4) is 0 Å². The molecule has 2 N–H and O–H groups in total. The molecule has 1 amide bonds. The Bertz CT molecular complexity index is 664. The number of rotatable bonds is 7. The van der Waals surface area contributed by atoms with Crippen molar-refractivity contribution in [1.82, 2.24) is 14.8 Å². The molecule has 0 fully saturated rings. The van der Waals surface area contributed by atoms with Crippen molar-refractivity contribution in [3.8, 4) is 5.75 Å². The van der Waals surface area contributed by atoms with E-state index in [1.54, 1.807) is 27.3 Å². The number of H-pyrrole nitrogens is 1. The van der Waals surface area contributed by atoms with Crippen molar-refractivity contribution in [2.24, 2.45) is 0 Å². The number of nitrogens with zero attached hydrogens (tertiary/aromatic N) is 2. The van der Waals surface area contributed by atoms with Gasteiger partial charge in [0.15, 0.2) is 0 Å². The zero-order chi connectivity index (χ0) is 17.7. The molecule has 1 unspecified atom stereocenters. The second kappa shape index (κ2) is 7.99. The maximum absolute atomic E-state index is 11.9. The lowest BCUT2D eigenvalue weighted by atomic mass is 10.1. The molecule has 0 aliphatic carbocycles. The molecule has 6 heteroatoms. The number of hydrogen-bond acceptors (Lipinski definition) is 4. The molecule has 0 saturated carbocycles. The zero-order valence-electron chi connectivity index (χ0n) is 14.6. The molecule has 2 rings (SSSR count). The zero-order valence-corrected chi connectivity index (χ0v) is 14.6. The van der Waals surface area contributed by atoms with Gasteiger partial charge in [-0.25, -0.2) is 0 Å². The summed E-state index contributed by atoms with van der Waals surface area (Å²) < 4.78 is 5.17. The highest BCUT2D eigenvalue weighted by Gasteiger charge is 2.18. The lowest BCUT2D eigenvalue weighted by molar-refractivity contribution is 0.0822. The lowest BCUT2D eigenvalue weighted by Gasteiger charge is -2.26. The van der Waals surface area contributed by atoms with Gasteiger partial charge in [-0.15, -0.1) is 0 Å². The first kappa shape index (κ1) is 18.0. The Balaban J connectivity index is 2.08. The molecule has 0 saturated heterocycles. The fourth-order valence-electron chi connectivity index (χ4n) is 2.60. The highest BCUT2D eigenvalue weighted by Crippen LogP contribution is 2.23. The van der Waals surface area contributed by atoms with Gasteiger partial charge in [0, 0.05) is 26.3 Å². The average molecular weight is 331 g/mol. The van der Waals surface area contributed by atoms with Gasteiger partial charge in [-0.05, 0) is 36.9 Å². The summed E-state index contributed by atoms with van der Waals surface area (Å²) in [5, 5.41) is 9.78. The highest BCUT2D eigenvalue weighted by atomic mass is 16.5. The maximum atomic E-state index is 11.9. The standard InChI is InChI=1S/C18H25N3O3/c1-20(2)18(23)16-10-7-14(19-16)11-21(3)17(12-22)13-5-8-15(24-4)9-6-13/h5-10,17,19,22H,11-12H2,1-4H3. The van der Waals surface area contributed by atoms with E-state index in [-0.39, 0.29) is 18.6 Å². The molecule has 1 aromatic heterocycles. The Hall–Kier alpha value is -2.31. The third-order valence-corrected chi connectivity index (χ3v) is 4.01. The van der Waals surface area contributed by atoms with Crippen molar-refractivity contribution >= 4 is 5.91 Å². The van der Waals surface area contributed by atoms with Crippen molar-refractivity contribution < 1.29 is 14.6 Å². The van der Waals surface area contributed by atoms with Crippen LogP contribution in [0.15, 0.2) is 36.4 Å². The fourth-order valence-corrected chi connectivity index (χ4v) is 2.60. The minimum absolute atomic E-state index is 0.00697. The Labute approximate surface area is 142 Å². The first-order chi connectivity index (χ1) is 11.5. The number of aromatic amines is 1. The molecule has 0 aliphatic rings. The van der Waals surface area contributed by atoms with E-state index in [1.807, 2.05) is 42.3 Å². The molecule has 0 spiro atoms. The number of aliphatic hydroxyl groups is 1. The first-order valence-electron chi connectivity index (χ1n) is 7.80. The summed E-state index contributed by atoms with van der Waals surface area (Å²) >= 11 is 0. The summed E-state index contributed by atoms with van der Waals surface area (Å²) in [6.07, 6.45) is 0. The molecule has 2 aromatic rings. The molecule has 0 radical (unpaired) electrons. The molecule has 1 aromatic carbocycles. The fraction of sp³-hybridized carbons (Fsp3) is 0.389. The number of amides is 1. The Morgan fingerprint density at radius 1 is 1.17 bits per heavy atom. The molecule has 1 heterocycles. The van der Waals surface area contributed by atoms with Crippen LogP contribution in [-0.2, 0) is 6.54 Å². The number of nitrogens with one attached hydrogen (secondary N) is 1. The number of carbonyl (C=O) groups is 1. The van der Waals surface area contributed by atoms with E-state index in [4.69, 9.17) is 4.74 Å². The van der Waals surface area contributed by atoms with E-state index in [9.17, 15) is 9.90 Å². The van der Waals surface area contributed by atoms with E-state index in [2.05, 4.69) is 4.98 Å². The van der Waals surface area contributed by atoms with E-state index in [1.165, 1.54) is 4.90 Å². The molecule has 24 heavy (non-hydrogen) atoms. The Kier molecular flexibility index (Phi) is 6.00. The summed E-state index contributed by atoms with van der Waals surface area (Å²) in [5.74, 6) is 0.729. The largest absolute Gasteiger partial charge is 0.497 e. The van der Waals surface area contributed by atoms with Gasteiger partial charge in [0.1, 0.15) is 11.4 Å².